The van der Waals surface area contributed by atoms with Crippen LogP contribution in [0.5, 0.6) is 0 Å². The van der Waals surface area contributed by atoms with Gasteiger partial charge in [0.25, 0.3) is 17.3 Å². The van der Waals surface area contributed by atoms with E-state index in [1.54, 1.807) is 0 Å². The van der Waals surface area contributed by atoms with Crippen molar-refractivity contribution in [2.24, 2.45) is 0 Å². The summed E-state index contributed by atoms with van der Waals surface area (Å²) in [7, 11) is 0. The molecule has 0 atom stereocenters. The maximum atomic E-state index is 13.6. The lowest BCUT2D eigenvalue weighted by atomic mass is 10.1. The van der Waals surface area contributed by atoms with Crippen LogP contribution in [0.3, 0.4) is 0 Å². The van der Waals surface area contributed by atoms with Crippen LogP contribution in [-0.4, -0.2) is 65.0 Å². The molecule has 178 valence electrons. The Hall–Kier alpha value is -3.48. The van der Waals surface area contributed by atoms with E-state index in [9.17, 15) is 25.0 Å². The molecule has 0 bridgehead atoms. The van der Waals surface area contributed by atoms with Crippen molar-refractivity contribution < 1.29 is 19.4 Å². The average Bonchev–Trinajstić information content (AvgIpc) is 3.27. The lowest BCUT2D eigenvalue weighted by Gasteiger charge is -2.27. The van der Waals surface area contributed by atoms with Crippen LogP contribution in [-0.2, 0) is 4.74 Å². The molecule has 0 N–H and O–H groups in total. The number of hydrogen-bond acceptors (Lipinski definition) is 9. The highest BCUT2D eigenvalue weighted by atomic mass is 32.1. The molecule has 12 heteroatoms. The van der Waals surface area contributed by atoms with Gasteiger partial charge in [-0.3, -0.25) is 34.8 Å². The zero-order chi connectivity index (χ0) is 24.2. The second kappa shape index (κ2) is 10.2. The molecule has 1 amide bonds. The van der Waals surface area contributed by atoms with Crippen molar-refractivity contribution >= 4 is 44.0 Å². The highest BCUT2D eigenvalue weighted by Gasteiger charge is 2.26. The zero-order valence-corrected chi connectivity index (χ0v) is 19.3. The highest BCUT2D eigenvalue weighted by molar-refractivity contribution is 7.22. The van der Waals surface area contributed by atoms with E-state index >= 15 is 0 Å². The predicted molar refractivity (Wildman–Crippen MR) is 128 cm³/mol. The predicted octanol–water partition coefficient (Wildman–Crippen LogP) is 3.79. The second-order valence-electron chi connectivity index (χ2n) is 7.93. The van der Waals surface area contributed by atoms with Crippen LogP contribution in [0.15, 0.2) is 36.4 Å². The summed E-state index contributed by atoms with van der Waals surface area (Å²) in [5.41, 5.74) is 0.602. The summed E-state index contributed by atoms with van der Waals surface area (Å²) >= 11 is 1.34. The third-order valence-corrected chi connectivity index (χ3v) is 6.66. The molecule has 1 aliphatic rings. The Morgan fingerprint density at radius 3 is 2.44 bits per heavy atom. The van der Waals surface area contributed by atoms with Crippen LogP contribution in [0.4, 0.5) is 16.5 Å². The summed E-state index contributed by atoms with van der Waals surface area (Å²) in [6.07, 6.45) is 0.637. The molecule has 1 aromatic heterocycles. The summed E-state index contributed by atoms with van der Waals surface area (Å²) in [4.78, 5) is 43.1. The van der Waals surface area contributed by atoms with Crippen LogP contribution in [0, 0.1) is 27.2 Å². The molecule has 0 aliphatic carbocycles. The average molecular weight is 486 g/mol. The summed E-state index contributed by atoms with van der Waals surface area (Å²) < 4.78 is 6.28. The number of thiazole rings is 1. The second-order valence-corrected chi connectivity index (χ2v) is 8.94. The molecule has 1 aliphatic heterocycles. The fourth-order valence-electron chi connectivity index (χ4n) is 3.84. The van der Waals surface area contributed by atoms with Crippen molar-refractivity contribution in [2.75, 3.05) is 44.3 Å². The van der Waals surface area contributed by atoms with E-state index in [1.165, 1.54) is 16.2 Å². The molecule has 34 heavy (non-hydrogen) atoms. The minimum atomic E-state index is -0.742. The quantitative estimate of drug-likeness (QED) is 0.348. The molecule has 0 radical (unpaired) electrons. The number of benzene rings is 2. The number of carbonyl (C=O) groups excluding carboxylic acids is 1. The van der Waals surface area contributed by atoms with Crippen molar-refractivity contribution in [3.63, 3.8) is 0 Å². The molecule has 3 aromatic rings. The maximum Gasteiger partial charge on any atom is 0.277 e. The summed E-state index contributed by atoms with van der Waals surface area (Å²) in [5.74, 6) is -0.564. The normalized spacial score (nSPS) is 14.3. The number of morpholine rings is 1. The molecule has 2 aromatic carbocycles. The molecule has 0 saturated carbocycles. The van der Waals surface area contributed by atoms with Crippen LogP contribution in [0.25, 0.3) is 10.2 Å². The Morgan fingerprint density at radius 2 is 1.82 bits per heavy atom. The number of hydrogen-bond donors (Lipinski definition) is 0. The van der Waals surface area contributed by atoms with Gasteiger partial charge >= 0.3 is 0 Å². The van der Waals surface area contributed by atoms with Gasteiger partial charge in [-0.05, 0) is 25.0 Å². The Balaban J connectivity index is 1.67. The van der Waals surface area contributed by atoms with Crippen molar-refractivity contribution in [3.05, 3.63) is 67.8 Å². The maximum absolute atomic E-state index is 13.6. The number of nitrogens with zero attached hydrogens (tertiary/aromatic N) is 5. The number of non-ortho nitro benzene ring substituents is 2. The number of para-hydroxylation sites is 1. The van der Waals surface area contributed by atoms with Gasteiger partial charge in [0.05, 0.1) is 44.9 Å². The van der Waals surface area contributed by atoms with Crippen LogP contribution in [0.2, 0.25) is 0 Å². The topological polar surface area (TPSA) is 132 Å². The fraction of sp³-hybridized carbons (Fsp3) is 0.364. The fourth-order valence-corrected chi connectivity index (χ4v) is 4.90. The third kappa shape index (κ3) is 5.19. The molecular weight excluding hydrogens is 462 g/mol. The first kappa shape index (κ1) is 23.7. The Labute approximate surface area is 198 Å². The van der Waals surface area contributed by atoms with E-state index in [0.717, 1.165) is 53.6 Å². The molecule has 0 spiro atoms. The first-order valence-electron chi connectivity index (χ1n) is 10.8. The van der Waals surface area contributed by atoms with Gasteiger partial charge in [-0.2, -0.15) is 0 Å². The van der Waals surface area contributed by atoms with Crippen molar-refractivity contribution in [1.29, 1.82) is 0 Å². The van der Waals surface area contributed by atoms with E-state index in [1.807, 2.05) is 25.1 Å². The van der Waals surface area contributed by atoms with Gasteiger partial charge in [0, 0.05) is 38.3 Å². The van der Waals surface area contributed by atoms with Crippen LogP contribution < -0.4 is 4.90 Å². The first-order chi connectivity index (χ1) is 16.3. The number of nitro benzene ring substituents is 2. The summed E-state index contributed by atoms with van der Waals surface area (Å²) in [5, 5.41) is 23.1. The van der Waals surface area contributed by atoms with E-state index in [4.69, 9.17) is 4.74 Å². The van der Waals surface area contributed by atoms with Crippen LogP contribution >= 0.6 is 11.3 Å². The van der Waals surface area contributed by atoms with Gasteiger partial charge in [-0.25, -0.2) is 4.98 Å². The largest absolute Gasteiger partial charge is 0.379 e. The highest BCUT2D eigenvalue weighted by Crippen LogP contribution is 2.32. The van der Waals surface area contributed by atoms with E-state index in [0.29, 0.717) is 31.3 Å². The molecule has 11 nitrogen and oxygen atoms in total. The lowest BCUT2D eigenvalue weighted by Crippen LogP contribution is -2.39. The number of aryl methyl sites for hydroxylation is 1. The van der Waals surface area contributed by atoms with E-state index < -0.39 is 27.1 Å². The van der Waals surface area contributed by atoms with Crippen molar-refractivity contribution in [2.45, 2.75) is 13.3 Å². The molecule has 1 saturated heterocycles. The number of amides is 1. The number of aromatic nitrogens is 1. The van der Waals surface area contributed by atoms with Crippen molar-refractivity contribution in [1.82, 2.24) is 9.88 Å². The minimum absolute atomic E-state index is 0.122. The number of fused-ring (bicyclic) bond motifs is 1. The Kier molecular flexibility index (Phi) is 7.10. The smallest absolute Gasteiger partial charge is 0.277 e. The third-order valence-electron chi connectivity index (χ3n) is 5.62. The van der Waals surface area contributed by atoms with Crippen molar-refractivity contribution in [3.8, 4) is 0 Å². The molecule has 1 fully saturated rings. The van der Waals surface area contributed by atoms with Gasteiger partial charge in [0.15, 0.2) is 5.13 Å². The monoisotopic (exact) mass is 485 g/mol. The number of nitro groups is 2. The Bertz CT molecular complexity index is 1210. The van der Waals surface area contributed by atoms with E-state index in [-0.39, 0.29) is 5.56 Å². The number of ether oxygens (including phenoxy) is 1. The lowest BCUT2D eigenvalue weighted by molar-refractivity contribution is -0.394. The molecule has 2 heterocycles. The summed E-state index contributed by atoms with van der Waals surface area (Å²) in [6.45, 7) is 5.93. The zero-order valence-electron chi connectivity index (χ0n) is 18.5. The van der Waals surface area contributed by atoms with Gasteiger partial charge in [-0.15, -0.1) is 0 Å². The molecule has 0 unspecified atom stereocenters. The van der Waals surface area contributed by atoms with Gasteiger partial charge < -0.3 is 4.74 Å². The van der Waals surface area contributed by atoms with E-state index in [2.05, 4.69) is 9.88 Å². The SMILES string of the molecule is Cc1cccc2sc(N(CCCN3CCOCC3)C(=O)c3cc([N+](=O)[O-])cc([N+](=O)[O-])c3)nc12. The number of anilines is 1. The molecular formula is C22H23N5O6S. The Morgan fingerprint density at radius 1 is 1.15 bits per heavy atom. The number of rotatable bonds is 8. The van der Waals surface area contributed by atoms with Gasteiger partial charge in [0.1, 0.15) is 0 Å². The van der Waals surface area contributed by atoms with Crippen LogP contribution in [0.1, 0.15) is 22.3 Å². The van der Waals surface area contributed by atoms with Gasteiger partial charge in [0.2, 0.25) is 0 Å². The minimum Gasteiger partial charge on any atom is -0.379 e. The number of carbonyl (C=O) groups is 1. The molecule has 4 rings (SSSR count). The van der Waals surface area contributed by atoms with Gasteiger partial charge in [-0.1, -0.05) is 23.5 Å². The first-order valence-corrected chi connectivity index (χ1v) is 11.6. The standard InChI is InChI=1S/C22H23N5O6S/c1-15-4-2-5-19-20(15)23-22(34-19)25(7-3-6-24-8-10-33-11-9-24)21(28)16-12-17(26(29)30)14-18(13-16)27(31)32/h2,4-5,12-14H,3,6-11H2,1H3. The summed E-state index contributed by atoms with van der Waals surface area (Å²) in [6, 6.07) is 8.75.